The van der Waals surface area contributed by atoms with Crippen molar-refractivity contribution < 1.29 is 18.3 Å². The second-order valence-corrected chi connectivity index (χ2v) is 7.21. The third kappa shape index (κ3) is 3.10. The van der Waals surface area contributed by atoms with Gasteiger partial charge in [-0.15, -0.1) is 0 Å². The first-order chi connectivity index (χ1) is 11.4. The minimum absolute atomic E-state index is 0.159. The van der Waals surface area contributed by atoms with E-state index in [1.54, 1.807) is 31.3 Å². The highest BCUT2D eigenvalue weighted by atomic mass is 32.2. The van der Waals surface area contributed by atoms with E-state index in [-0.39, 0.29) is 5.56 Å². The Morgan fingerprint density at radius 3 is 2.67 bits per heavy atom. The lowest BCUT2D eigenvalue weighted by Gasteiger charge is -2.22. The number of carboxylic acid groups (broad SMARTS) is 1. The number of hydrogen-bond acceptors (Lipinski definition) is 4. The van der Waals surface area contributed by atoms with Crippen LogP contribution >= 0.6 is 0 Å². The highest BCUT2D eigenvalue weighted by molar-refractivity contribution is 7.90. The van der Waals surface area contributed by atoms with Crippen LogP contribution in [0.2, 0.25) is 0 Å². The first-order valence-corrected chi connectivity index (χ1v) is 8.89. The van der Waals surface area contributed by atoms with Crippen molar-refractivity contribution in [1.82, 2.24) is 9.71 Å². The minimum atomic E-state index is -3.74. The predicted octanol–water partition coefficient (Wildman–Crippen LogP) is 1.74. The molecule has 7 nitrogen and oxygen atoms in total. The molecule has 2 heterocycles. The molecule has 2 aromatic rings. The van der Waals surface area contributed by atoms with Crippen LogP contribution in [0.5, 0.6) is 0 Å². The maximum atomic E-state index is 12.6. The van der Waals surface area contributed by atoms with Gasteiger partial charge in [-0.3, -0.25) is 0 Å². The number of carboxylic acids is 1. The van der Waals surface area contributed by atoms with Gasteiger partial charge >= 0.3 is 16.2 Å². The minimum Gasteiger partial charge on any atom is -0.478 e. The van der Waals surface area contributed by atoms with E-state index in [4.69, 9.17) is 5.11 Å². The highest BCUT2D eigenvalue weighted by Gasteiger charge is 2.31. The van der Waals surface area contributed by atoms with Gasteiger partial charge in [0.05, 0.1) is 5.56 Å². The van der Waals surface area contributed by atoms with Crippen molar-refractivity contribution in [2.75, 3.05) is 10.8 Å². The molecule has 1 aromatic carbocycles. The first-order valence-electron chi connectivity index (χ1n) is 7.45. The van der Waals surface area contributed by atoms with E-state index < -0.39 is 22.2 Å². The zero-order valence-electron chi connectivity index (χ0n) is 13.0. The molecule has 1 atom stereocenters. The van der Waals surface area contributed by atoms with E-state index >= 15 is 0 Å². The Balaban J connectivity index is 1.78. The number of anilines is 1. The maximum Gasteiger partial charge on any atom is 0.335 e. The lowest BCUT2D eigenvalue weighted by Crippen LogP contribution is -2.41. The summed E-state index contributed by atoms with van der Waals surface area (Å²) in [4.78, 5) is 15.0. The summed E-state index contributed by atoms with van der Waals surface area (Å²) in [5.41, 5.74) is 1.75. The van der Waals surface area contributed by atoms with Gasteiger partial charge in [-0.2, -0.15) is 13.1 Å². The highest BCUT2D eigenvalue weighted by Crippen LogP contribution is 2.27. The van der Waals surface area contributed by atoms with Gasteiger partial charge in [0.1, 0.15) is 5.82 Å². The van der Waals surface area contributed by atoms with Gasteiger partial charge in [0.2, 0.25) is 0 Å². The van der Waals surface area contributed by atoms with Crippen molar-refractivity contribution in [3.63, 3.8) is 0 Å². The van der Waals surface area contributed by atoms with Crippen LogP contribution in [0.1, 0.15) is 34.5 Å². The van der Waals surface area contributed by atoms with E-state index in [1.165, 1.54) is 16.4 Å². The van der Waals surface area contributed by atoms with Crippen LogP contribution in [0.3, 0.4) is 0 Å². The molecule has 1 aliphatic heterocycles. The van der Waals surface area contributed by atoms with Crippen LogP contribution in [0.25, 0.3) is 0 Å². The fraction of sp³-hybridized carbons (Fsp3) is 0.250. The maximum absolute atomic E-state index is 12.6. The van der Waals surface area contributed by atoms with Crippen molar-refractivity contribution in [2.24, 2.45) is 0 Å². The van der Waals surface area contributed by atoms with E-state index in [0.29, 0.717) is 24.3 Å². The fourth-order valence-electron chi connectivity index (χ4n) is 2.68. The van der Waals surface area contributed by atoms with Crippen LogP contribution in [0.4, 0.5) is 5.82 Å². The summed E-state index contributed by atoms with van der Waals surface area (Å²) in [6, 6.07) is 9.27. The van der Waals surface area contributed by atoms with E-state index in [1.807, 2.05) is 6.07 Å². The summed E-state index contributed by atoms with van der Waals surface area (Å²) in [7, 11) is -3.74. The molecule has 3 rings (SSSR count). The zero-order chi connectivity index (χ0) is 17.3. The lowest BCUT2D eigenvalue weighted by molar-refractivity contribution is 0.0697. The molecular formula is C16H17N3O4S. The summed E-state index contributed by atoms with van der Waals surface area (Å²) in [5.74, 6) is -0.562. The third-order valence-corrected chi connectivity index (χ3v) is 5.55. The molecule has 1 aromatic heterocycles. The SMILES string of the molecule is C[C@H](NS(=O)(=O)N1CCc2cccnc21)c1ccc(C(=O)O)cc1. The Hall–Kier alpha value is -2.45. The average Bonchev–Trinajstić information content (AvgIpc) is 2.99. The van der Waals surface area contributed by atoms with Gasteiger partial charge in [-0.1, -0.05) is 18.2 Å². The summed E-state index contributed by atoms with van der Waals surface area (Å²) in [6.45, 7) is 2.06. The Bertz CT molecular complexity index is 865. The van der Waals surface area contributed by atoms with Gasteiger partial charge in [0, 0.05) is 18.8 Å². The Labute approximate surface area is 140 Å². The standard InChI is InChI=1S/C16H17N3O4S/c1-11(12-4-6-14(7-5-12)16(20)21)18-24(22,23)19-10-8-13-3-2-9-17-15(13)19/h2-7,9,11,18H,8,10H2,1H3,(H,20,21)/t11-/m0/s1. The molecule has 0 saturated heterocycles. The Kier molecular flexibility index (Phi) is 4.25. The van der Waals surface area contributed by atoms with E-state index in [2.05, 4.69) is 9.71 Å². The predicted molar refractivity (Wildman–Crippen MR) is 89.2 cm³/mol. The number of pyridine rings is 1. The zero-order valence-corrected chi connectivity index (χ0v) is 13.8. The number of nitrogens with one attached hydrogen (secondary N) is 1. The topological polar surface area (TPSA) is 99.6 Å². The number of benzene rings is 1. The van der Waals surface area contributed by atoms with Gasteiger partial charge in [-0.05, 0) is 42.7 Å². The summed E-state index contributed by atoms with van der Waals surface area (Å²) >= 11 is 0. The second-order valence-electron chi connectivity index (χ2n) is 5.58. The Morgan fingerprint density at radius 1 is 1.29 bits per heavy atom. The molecule has 24 heavy (non-hydrogen) atoms. The number of nitrogens with zero attached hydrogens (tertiary/aromatic N) is 2. The molecule has 8 heteroatoms. The molecule has 1 aliphatic rings. The summed E-state index contributed by atoms with van der Waals surface area (Å²) < 4.78 is 29.2. The van der Waals surface area contributed by atoms with Crippen LogP contribution in [0.15, 0.2) is 42.6 Å². The first kappa shape index (κ1) is 16.4. The monoisotopic (exact) mass is 347 g/mol. The van der Waals surface area contributed by atoms with Gasteiger partial charge in [0.15, 0.2) is 0 Å². The van der Waals surface area contributed by atoms with Gasteiger partial charge in [0.25, 0.3) is 0 Å². The molecule has 0 aliphatic carbocycles. The molecule has 0 fully saturated rings. The number of rotatable bonds is 5. The van der Waals surface area contributed by atoms with Gasteiger partial charge in [-0.25, -0.2) is 14.1 Å². The molecule has 126 valence electrons. The van der Waals surface area contributed by atoms with Crippen LogP contribution in [-0.2, 0) is 16.6 Å². The number of carbonyl (C=O) groups is 1. The van der Waals surface area contributed by atoms with E-state index in [0.717, 1.165) is 5.56 Å². The molecule has 0 bridgehead atoms. The quantitative estimate of drug-likeness (QED) is 0.858. The van der Waals surface area contributed by atoms with Crippen LogP contribution in [0, 0.1) is 0 Å². The number of fused-ring (bicyclic) bond motifs is 1. The summed E-state index contributed by atoms with van der Waals surface area (Å²) in [6.07, 6.45) is 2.20. The van der Waals surface area contributed by atoms with Crippen molar-refractivity contribution >= 4 is 22.0 Å². The van der Waals surface area contributed by atoms with Crippen molar-refractivity contribution in [2.45, 2.75) is 19.4 Å². The molecular weight excluding hydrogens is 330 g/mol. The van der Waals surface area contributed by atoms with Crippen LogP contribution in [-0.4, -0.2) is 31.0 Å². The van der Waals surface area contributed by atoms with Crippen molar-refractivity contribution in [3.05, 3.63) is 59.3 Å². The normalized spacial score (nSPS) is 15.1. The number of aromatic carboxylic acids is 1. The van der Waals surface area contributed by atoms with E-state index in [9.17, 15) is 13.2 Å². The Morgan fingerprint density at radius 2 is 2.00 bits per heavy atom. The smallest absolute Gasteiger partial charge is 0.335 e. The molecule has 0 amide bonds. The van der Waals surface area contributed by atoms with Crippen molar-refractivity contribution in [1.29, 1.82) is 0 Å². The average molecular weight is 347 g/mol. The largest absolute Gasteiger partial charge is 0.478 e. The second kappa shape index (κ2) is 6.21. The molecule has 2 N–H and O–H groups in total. The number of hydrogen-bond donors (Lipinski definition) is 2. The number of aromatic nitrogens is 1. The molecule has 0 unspecified atom stereocenters. The molecule has 0 spiro atoms. The summed E-state index contributed by atoms with van der Waals surface area (Å²) in [5, 5.41) is 8.91. The third-order valence-electron chi connectivity index (χ3n) is 3.96. The fourth-order valence-corrected chi connectivity index (χ4v) is 4.12. The van der Waals surface area contributed by atoms with Crippen molar-refractivity contribution in [3.8, 4) is 0 Å². The van der Waals surface area contributed by atoms with Gasteiger partial charge < -0.3 is 5.11 Å². The molecule has 0 radical (unpaired) electrons. The molecule has 0 saturated carbocycles. The van der Waals surface area contributed by atoms with Crippen LogP contribution < -0.4 is 9.03 Å². The lowest BCUT2D eigenvalue weighted by atomic mass is 10.1.